The molecule has 3 aromatic rings. The molecule has 0 unspecified atom stereocenters. The van der Waals surface area contributed by atoms with Crippen LogP contribution in [0.4, 0.5) is 5.69 Å². The van der Waals surface area contributed by atoms with Gasteiger partial charge in [0.25, 0.3) is 5.91 Å². The molecule has 0 saturated heterocycles. The van der Waals surface area contributed by atoms with E-state index in [1.165, 1.54) is 0 Å². The molecule has 142 valence electrons. The average molecular weight is 364 g/mol. The highest BCUT2D eigenvalue weighted by atomic mass is 16.5. The van der Waals surface area contributed by atoms with Crippen molar-refractivity contribution in [3.63, 3.8) is 0 Å². The molecule has 0 bridgehead atoms. The topological polar surface area (TPSA) is 43.3 Å². The Labute approximate surface area is 161 Å². The van der Waals surface area contributed by atoms with Gasteiger partial charge in [-0.25, -0.2) is 0 Å². The monoisotopic (exact) mass is 364 g/mol. The summed E-state index contributed by atoms with van der Waals surface area (Å²) in [6, 6.07) is 12.2. The Balaban J connectivity index is 2.08. The second-order valence-electron chi connectivity index (χ2n) is 6.75. The van der Waals surface area contributed by atoms with Gasteiger partial charge in [-0.05, 0) is 69.0 Å². The zero-order chi connectivity index (χ0) is 19.6. The van der Waals surface area contributed by atoms with E-state index in [9.17, 15) is 4.79 Å². The fraction of sp³-hybridized carbons (Fsp3) is 0.348. The number of hydrogen-bond acceptors (Lipinski definition) is 2. The molecular weight excluding hydrogens is 336 g/mol. The first-order valence-electron chi connectivity index (χ1n) is 9.67. The van der Waals surface area contributed by atoms with Gasteiger partial charge in [0.05, 0.1) is 6.61 Å². The van der Waals surface area contributed by atoms with Gasteiger partial charge >= 0.3 is 0 Å². The van der Waals surface area contributed by atoms with Gasteiger partial charge in [0, 0.05) is 23.1 Å². The lowest BCUT2D eigenvalue weighted by Gasteiger charge is -2.14. The van der Waals surface area contributed by atoms with Crippen molar-refractivity contribution < 1.29 is 9.53 Å². The van der Waals surface area contributed by atoms with Gasteiger partial charge in [0.1, 0.15) is 11.4 Å². The predicted octanol–water partition coefficient (Wildman–Crippen LogP) is 5.49. The largest absolute Gasteiger partial charge is 0.494 e. The maximum absolute atomic E-state index is 13.3. The summed E-state index contributed by atoms with van der Waals surface area (Å²) < 4.78 is 7.73. The van der Waals surface area contributed by atoms with Gasteiger partial charge in [-0.2, -0.15) is 0 Å². The van der Waals surface area contributed by atoms with Crippen LogP contribution in [-0.4, -0.2) is 17.1 Å². The minimum absolute atomic E-state index is 0.0625. The van der Waals surface area contributed by atoms with Gasteiger partial charge in [-0.1, -0.05) is 25.1 Å². The van der Waals surface area contributed by atoms with Crippen LogP contribution in [0.5, 0.6) is 5.75 Å². The first-order valence-corrected chi connectivity index (χ1v) is 9.67. The number of amides is 1. The second-order valence-corrected chi connectivity index (χ2v) is 6.75. The molecule has 0 atom stereocenters. The zero-order valence-corrected chi connectivity index (χ0v) is 16.8. The number of nitrogens with one attached hydrogen (secondary N) is 1. The maximum Gasteiger partial charge on any atom is 0.272 e. The highest BCUT2D eigenvalue weighted by Crippen LogP contribution is 2.30. The highest BCUT2D eigenvalue weighted by molar-refractivity contribution is 6.09. The van der Waals surface area contributed by atoms with Crippen LogP contribution in [0.25, 0.3) is 10.9 Å². The molecule has 0 aliphatic carbocycles. The number of aromatic nitrogens is 1. The zero-order valence-electron chi connectivity index (χ0n) is 16.8. The number of rotatable bonds is 6. The Morgan fingerprint density at radius 3 is 2.56 bits per heavy atom. The molecule has 4 heteroatoms. The summed E-state index contributed by atoms with van der Waals surface area (Å²) in [6.45, 7) is 11.5. The van der Waals surface area contributed by atoms with Crippen LogP contribution < -0.4 is 10.1 Å². The molecule has 0 aliphatic rings. The van der Waals surface area contributed by atoms with E-state index in [-0.39, 0.29) is 5.91 Å². The van der Waals surface area contributed by atoms with Gasteiger partial charge in [-0.15, -0.1) is 0 Å². The van der Waals surface area contributed by atoms with Crippen LogP contribution in [0.3, 0.4) is 0 Å². The van der Waals surface area contributed by atoms with Gasteiger partial charge < -0.3 is 14.6 Å². The van der Waals surface area contributed by atoms with Crippen molar-refractivity contribution in [3.05, 3.63) is 58.8 Å². The van der Waals surface area contributed by atoms with Crippen LogP contribution in [0.2, 0.25) is 0 Å². The van der Waals surface area contributed by atoms with Crippen molar-refractivity contribution in [2.24, 2.45) is 0 Å². The third-order valence-electron chi connectivity index (χ3n) is 5.11. The second kappa shape index (κ2) is 7.87. The lowest BCUT2D eigenvalue weighted by atomic mass is 10.1. The summed E-state index contributed by atoms with van der Waals surface area (Å²) in [7, 11) is 0. The lowest BCUT2D eigenvalue weighted by molar-refractivity contribution is 0.101. The third kappa shape index (κ3) is 3.44. The molecule has 1 aromatic heterocycles. The quantitative estimate of drug-likeness (QED) is 0.628. The Morgan fingerprint density at radius 2 is 1.89 bits per heavy atom. The number of benzene rings is 2. The Kier molecular flexibility index (Phi) is 5.54. The molecule has 1 heterocycles. The molecule has 0 saturated carbocycles. The summed E-state index contributed by atoms with van der Waals surface area (Å²) in [6.07, 6.45) is 0.880. The van der Waals surface area contributed by atoms with Crippen molar-refractivity contribution in [2.75, 3.05) is 11.9 Å². The van der Waals surface area contributed by atoms with E-state index in [1.54, 1.807) is 0 Å². The molecule has 1 amide bonds. The normalized spacial score (nSPS) is 11.0. The third-order valence-corrected chi connectivity index (χ3v) is 5.11. The molecular formula is C23H28N2O2. The number of hydrogen-bond donors (Lipinski definition) is 1. The van der Waals surface area contributed by atoms with E-state index < -0.39 is 0 Å². The molecule has 27 heavy (non-hydrogen) atoms. The predicted molar refractivity (Wildman–Crippen MR) is 112 cm³/mol. The van der Waals surface area contributed by atoms with Crippen molar-refractivity contribution in [1.29, 1.82) is 0 Å². The fourth-order valence-corrected chi connectivity index (χ4v) is 3.75. The molecule has 0 fully saturated rings. The number of fused-ring (bicyclic) bond motifs is 1. The van der Waals surface area contributed by atoms with Gasteiger partial charge in [0.2, 0.25) is 0 Å². The number of para-hydroxylation sites is 1. The summed E-state index contributed by atoms with van der Waals surface area (Å²) in [5, 5.41) is 4.23. The molecule has 0 radical (unpaired) electrons. The van der Waals surface area contributed by atoms with Crippen molar-refractivity contribution in [1.82, 2.24) is 4.57 Å². The van der Waals surface area contributed by atoms with Crippen LogP contribution in [-0.2, 0) is 13.0 Å². The Morgan fingerprint density at radius 1 is 1.11 bits per heavy atom. The van der Waals surface area contributed by atoms with Crippen molar-refractivity contribution in [3.8, 4) is 5.75 Å². The smallest absolute Gasteiger partial charge is 0.272 e. The van der Waals surface area contributed by atoms with Crippen LogP contribution in [0.15, 0.2) is 36.4 Å². The Bertz CT molecular complexity index is 986. The van der Waals surface area contributed by atoms with E-state index in [0.717, 1.165) is 52.0 Å². The number of carbonyl (C=O) groups excluding carboxylic acids is 1. The van der Waals surface area contributed by atoms with Crippen molar-refractivity contribution in [2.45, 2.75) is 47.6 Å². The first kappa shape index (κ1) is 19.0. The van der Waals surface area contributed by atoms with Crippen LogP contribution in [0, 0.1) is 13.8 Å². The van der Waals surface area contributed by atoms with E-state index >= 15 is 0 Å². The molecule has 2 aromatic carbocycles. The van der Waals surface area contributed by atoms with E-state index in [2.05, 4.69) is 29.8 Å². The molecule has 3 rings (SSSR count). The molecule has 1 N–H and O–H groups in total. The number of aryl methyl sites for hydroxylation is 4. The van der Waals surface area contributed by atoms with Crippen LogP contribution in [0.1, 0.15) is 48.0 Å². The summed E-state index contributed by atoms with van der Waals surface area (Å²) in [4.78, 5) is 13.3. The number of carbonyl (C=O) groups is 1. The average Bonchev–Trinajstić information content (AvgIpc) is 2.95. The minimum Gasteiger partial charge on any atom is -0.494 e. The molecule has 0 spiro atoms. The summed E-state index contributed by atoms with van der Waals surface area (Å²) in [5.74, 6) is 0.771. The van der Waals surface area contributed by atoms with E-state index in [4.69, 9.17) is 4.74 Å². The molecule has 0 aliphatic heterocycles. The van der Waals surface area contributed by atoms with Crippen molar-refractivity contribution >= 4 is 22.5 Å². The minimum atomic E-state index is -0.0625. The number of anilines is 1. The summed E-state index contributed by atoms with van der Waals surface area (Å²) >= 11 is 0. The number of nitrogens with zero attached hydrogens (tertiary/aromatic N) is 1. The van der Waals surface area contributed by atoms with E-state index in [0.29, 0.717) is 12.3 Å². The SMILES string of the molecule is CCOc1ccc2c(c1)c(C)c(C(=O)Nc1c(C)cccc1CC)n2CC. The van der Waals surface area contributed by atoms with Gasteiger partial charge in [0.15, 0.2) is 0 Å². The summed E-state index contributed by atoms with van der Waals surface area (Å²) in [5.41, 5.74) is 5.91. The Hall–Kier alpha value is -2.75. The molecule has 4 nitrogen and oxygen atoms in total. The highest BCUT2D eigenvalue weighted by Gasteiger charge is 2.21. The van der Waals surface area contributed by atoms with Crippen LogP contribution >= 0.6 is 0 Å². The lowest BCUT2D eigenvalue weighted by Crippen LogP contribution is -2.19. The number of ether oxygens (including phenoxy) is 1. The fourth-order valence-electron chi connectivity index (χ4n) is 3.75. The van der Waals surface area contributed by atoms with Gasteiger partial charge in [-0.3, -0.25) is 4.79 Å². The maximum atomic E-state index is 13.3. The first-order chi connectivity index (χ1) is 13.0. The van der Waals surface area contributed by atoms with E-state index in [1.807, 2.05) is 51.1 Å². The standard InChI is InChI=1S/C23H28N2O2/c1-6-17-11-9-10-15(4)21(17)24-23(26)22-16(5)19-14-18(27-8-3)12-13-20(19)25(22)7-2/h9-14H,6-8H2,1-5H3,(H,24,26).